The summed E-state index contributed by atoms with van der Waals surface area (Å²) in [5, 5.41) is 8.82. The molecule has 0 unspecified atom stereocenters. The van der Waals surface area contributed by atoms with E-state index in [0.29, 0.717) is 24.4 Å². The van der Waals surface area contributed by atoms with Crippen molar-refractivity contribution in [2.75, 3.05) is 53.2 Å². The van der Waals surface area contributed by atoms with Gasteiger partial charge in [-0.05, 0) is 24.6 Å². The van der Waals surface area contributed by atoms with Gasteiger partial charge in [0.25, 0.3) is 0 Å². The van der Waals surface area contributed by atoms with Gasteiger partial charge in [-0.1, -0.05) is 0 Å². The van der Waals surface area contributed by atoms with Crippen molar-refractivity contribution in [2.24, 2.45) is 0 Å². The summed E-state index contributed by atoms with van der Waals surface area (Å²) in [6.07, 6.45) is 2.41. The van der Waals surface area contributed by atoms with E-state index in [2.05, 4.69) is 14.1 Å². The fourth-order valence-corrected chi connectivity index (χ4v) is 2.65. The van der Waals surface area contributed by atoms with Crippen molar-refractivity contribution in [3.05, 3.63) is 23.8 Å². The third-order valence-electron chi connectivity index (χ3n) is 3.87. The molecule has 0 aromatic heterocycles. The predicted octanol–water partition coefficient (Wildman–Crippen LogP) is -1.91. The quantitative estimate of drug-likeness (QED) is 0.178. The number of nitrogens with two attached hydrogens (primary N) is 1. The number of nitrogens with zero attached hydrogens (tertiary/aromatic N) is 2. The molecule has 0 atom stereocenters. The van der Waals surface area contributed by atoms with E-state index < -0.39 is 0 Å². The van der Waals surface area contributed by atoms with Crippen LogP contribution in [0.2, 0.25) is 0 Å². The van der Waals surface area contributed by atoms with Crippen molar-refractivity contribution in [3.63, 3.8) is 0 Å². The second-order valence-electron chi connectivity index (χ2n) is 6.47. The number of benzene rings is 1. The lowest BCUT2D eigenvalue weighted by Gasteiger charge is -2.31. The van der Waals surface area contributed by atoms with Crippen LogP contribution in [-0.2, 0) is 11.3 Å². The van der Waals surface area contributed by atoms with Gasteiger partial charge in [-0.25, -0.2) is 0 Å². The standard InChI is InChI=1S/C17H30N3O3.HI/c1-20(2,10-4-8-19(14-22)9-5-11-21)13-15-6-7-17(23-3)16(18)12-15;/h6-7,12,14,21H,4-5,8-11,13,18H2,1-3H3;1H/q+1;/p-1. The molecule has 0 spiro atoms. The topological polar surface area (TPSA) is 75.8 Å². The number of rotatable bonds is 11. The number of aliphatic hydroxyl groups is 1. The van der Waals surface area contributed by atoms with Gasteiger partial charge in [-0.3, -0.25) is 4.79 Å². The number of hydrogen-bond donors (Lipinski definition) is 2. The van der Waals surface area contributed by atoms with E-state index in [4.69, 9.17) is 15.6 Å². The van der Waals surface area contributed by atoms with Gasteiger partial charge in [0.15, 0.2) is 0 Å². The molecular formula is C17H30IN3O3. The highest BCUT2D eigenvalue weighted by molar-refractivity contribution is 5.54. The van der Waals surface area contributed by atoms with Crippen LogP contribution in [0.15, 0.2) is 18.2 Å². The molecule has 0 radical (unpaired) electrons. The van der Waals surface area contributed by atoms with Crippen LogP contribution in [0.1, 0.15) is 18.4 Å². The van der Waals surface area contributed by atoms with Crippen molar-refractivity contribution in [1.82, 2.24) is 4.90 Å². The molecule has 1 aromatic rings. The number of quaternary nitrogens is 1. The molecule has 0 saturated carbocycles. The van der Waals surface area contributed by atoms with Gasteiger partial charge in [0, 0.05) is 31.7 Å². The van der Waals surface area contributed by atoms with Crippen LogP contribution in [0.4, 0.5) is 5.69 Å². The van der Waals surface area contributed by atoms with E-state index in [1.54, 1.807) is 12.0 Å². The van der Waals surface area contributed by atoms with E-state index in [9.17, 15) is 4.79 Å². The van der Waals surface area contributed by atoms with E-state index in [0.717, 1.165) is 36.9 Å². The summed E-state index contributed by atoms with van der Waals surface area (Å²) in [5.74, 6) is 0.699. The number of aliphatic hydroxyl groups excluding tert-OH is 1. The van der Waals surface area contributed by atoms with E-state index in [1.807, 2.05) is 18.2 Å². The van der Waals surface area contributed by atoms with Crippen LogP contribution in [0, 0.1) is 0 Å². The lowest BCUT2D eigenvalue weighted by molar-refractivity contribution is -0.903. The molecule has 0 heterocycles. The average molecular weight is 451 g/mol. The molecule has 0 fully saturated rings. The summed E-state index contributed by atoms with van der Waals surface area (Å²) in [5.41, 5.74) is 7.78. The zero-order valence-electron chi connectivity index (χ0n) is 14.9. The minimum atomic E-state index is 0. The smallest absolute Gasteiger partial charge is 0.209 e. The first-order valence-electron chi connectivity index (χ1n) is 7.96. The van der Waals surface area contributed by atoms with Gasteiger partial charge >= 0.3 is 0 Å². The first kappa shape index (κ1) is 22.9. The fourth-order valence-electron chi connectivity index (χ4n) is 2.65. The summed E-state index contributed by atoms with van der Waals surface area (Å²) in [7, 11) is 5.94. The fraction of sp³-hybridized carbons (Fsp3) is 0.588. The first-order valence-corrected chi connectivity index (χ1v) is 7.96. The molecule has 1 amide bonds. The molecule has 0 aliphatic carbocycles. The van der Waals surface area contributed by atoms with Crippen LogP contribution in [0.5, 0.6) is 5.75 Å². The average Bonchev–Trinajstić information content (AvgIpc) is 2.50. The molecule has 6 nitrogen and oxygen atoms in total. The van der Waals surface area contributed by atoms with Crippen LogP contribution in [-0.4, -0.2) is 68.3 Å². The maximum atomic E-state index is 11.0. The summed E-state index contributed by atoms with van der Waals surface area (Å²) in [6.45, 7) is 3.27. The Morgan fingerprint density at radius 2 is 1.96 bits per heavy atom. The van der Waals surface area contributed by atoms with Crippen LogP contribution in [0.3, 0.4) is 0 Å². The second kappa shape index (κ2) is 11.5. The first-order chi connectivity index (χ1) is 10.9. The summed E-state index contributed by atoms with van der Waals surface area (Å²) < 4.78 is 6.00. The molecule has 0 aliphatic rings. The van der Waals surface area contributed by atoms with Crippen molar-refractivity contribution < 1.29 is 43.1 Å². The maximum Gasteiger partial charge on any atom is 0.209 e. The van der Waals surface area contributed by atoms with E-state index in [-0.39, 0.29) is 30.6 Å². The molecule has 0 saturated heterocycles. The molecule has 0 aliphatic heterocycles. The highest BCUT2D eigenvalue weighted by atomic mass is 127. The molecule has 1 aromatic carbocycles. The molecular weight excluding hydrogens is 421 g/mol. The summed E-state index contributed by atoms with van der Waals surface area (Å²) in [6, 6.07) is 5.89. The Balaban J connectivity index is 0.00000529. The number of anilines is 1. The Labute approximate surface area is 162 Å². The summed E-state index contributed by atoms with van der Waals surface area (Å²) >= 11 is 0. The Kier molecular flexibility index (Phi) is 11.0. The van der Waals surface area contributed by atoms with Gasteiger partial charge < -0.3 is 48.9 Å². The van der Waals surface area contributed by atoms with Crippen LogP contribution < -0.4 is 34.4 Å². The van der Waals surface area contributed by atoms with Gasteiger partial charge in [0.05, 0.1) is 33.4 Å². The molecule has 0 bridgehead atoms. The maximum absolute atomic E-state index is 11.0. The highest BCUT2D eigenvalue weighted by Gasteiger charge is 2.17. The molecule has 24 heavy (non-hydrogen) atoms. The van der Waals surface area contributed by atoms with Gasteiger partial charge in [-0.2, -0.15) is 0 Å². The Morgan fingerprint density at radius 1 is 1.29 bits per heavy atom. The second-order valence-corrected chi connectivity index (χ2v) is 6.47. The third kappa shape index (κ3) is 8.16. The van der Waals surface area contributed by atoms with Gasteiger partial charge in [0.2, 0.25) is 6.41 Å². The number of hydrogen-bond acceptors (Lipinski definition) is 4. The zero-order chi connectivity index (χ0) is 17.3. The largest absolute Gasteiger partial charge is 1.00 e. The van der Waals surface area contributed by atoms with Crippen molar-refractivity contribution >= 4 is 12.1 Å². The van der Waals surface area contributed by atoms with Gasteiger partial charge in [-0.15, -0.1) is 0 Å². The van der Waals surface area contributed by atoms with Crippen molar-refractivity contribution in [1.29, 1.82) is 0 Å². The zero-order valence-corrected chi connectivity index (χ0v) is 17.0. The van der Waals surface area contributed by atoms with E-state index >= 15 is 0 Å². The van der Waals surface area contributed by atoms with Crippen LogP contribution in [0.25, 0.3) is 0 Å². The minimum absolute atomic E-state index is 0. The number of nitrogen functional groups attached to an aromatic ring is 1. The molecule has 1 rings (SSSR count). The molecule has 3 N–H and O–H groups in total. The third-order valence-corrected chi connectivity index (χ3v) is 3.87. The lowest BCUT2D eigenvalue weighted by atomic mass is 10.1. The number of halogens is 1. The summed E-state index contributed by atoms with van der Waals surface area (Å²) in [4.78, 5) is 12.7. The highest BCUT2D eigenvalue weighted by Crippen LogP contribution is 2.23. The number of carbonyl (C=O) groups excluding carboxylic acids is 1. The number of carbonyl (C=O) groups is 1. The van der Waals surface area contributed by atoms with E-state index in [1.165, 1.54) is 5.56 Å². The lowest BCUT2D eigenvalue weighted by Crippen LogP contribution is -3.00. The number of ether oxygens (including phenoxy) is 1. The normalized spacial score (nSPS) is 10.8. The Bertz CT molecular complexity index is 498. The Hall–Kier alpha value is -1.06. The molecule has 138 valence electrons. The predicted molar refractivity (Wildman–Crippen MR) is 92.0 cm³/mol. The Morgan fingerprint density at radius 3 is 2.50 bits per heavy atom. The van der Waals surface area contributed by atoms with Crippen molar-refractivity contribution in [2.45, 2.75) is 19.4 Å². The van der Waals surface area contributed by atoms with Crippen LogP contribution >= 0.6 is 0 Å². The van der Waals surface area contributed by atoms with Gasteiger partial charge in [0.1, 0.15) is 12.3 Å². The number of methoxy groups -OCH3 is 1. The minimum Gasteiger partial charge on any atom is -1.00 e. The van der Waals surface area contributed by atoms with Crippen molar-refractivity contribution in [3.8, 4) is 5.75 Å². The number of amides is 1. The SMILES string of the molecule is COc1ccc(C[N+](C)(C)CCCN(C=O)CCCO)cc1N.[I-]. The molecule has 7 heteroatoms. The monoisotopic (exact) mass is 451 g/mol.